The molecule has 0 aliphatic heterocycles. The molecule has 3 heterocycles. The first-order chi connectivity index (χ1) is 16.6. The molecule has 168 valence electrons. The maximum absolute atomic E-state index is 12.9. The van der Waals surface area contributed by atoms with Gasteiger partial charge in [-0.3, -0.25) is 4.79 Å². The third-order valence-electron chi connectivity index (χ3n) is 5.09. The Labute approximate surface area is 195 Å². The number of aryl methyl sites for hydroxylation is 1. The molecule has 5 aromatic rings. The average molecular weight is 451 g/mol. The summed E-state index contributed by atoms with van der Waals surface area (Å²) in [4.78, 5) is 25.5. The summed E-state index contributed by atoms with van der Waals surface area (Å²) in [7, 11) is 0. The smallest absolute Gasteiger partial charge is 0.321 e. The monoisotopic (exact) mass is 451 g/mol. The molecule has 0 radical (unpaired) electrons. The van der Waals surface area contributed by atoms with E-state index in [-0.39, 0.29) is 11.9 Å². The maximum atomic E-state index is 12.9. The number of ether oxygens (including phenoxy) is 2. The van der Waals surface area contributed by atoms with Crippen LogP contribution in [0.1, 0.15) is 21.6 Å². The maximum Gasteiger partial charge on any atom is 0.321 e. The van der Waals surface area contributed by atoms with Crippen molar-refractivity contribution < 1.29 is 14.3 Å². The minimum atomic E-state index is -0.235. The Morgan fingerprint density at radius 2 is 1.85 bits per heavy atom. The van der Waals surface area contributed by atoms with Gasteiger partial charge in [-0.05, 0) is 67.1 Å². The first kappa shape index (κ1) is 21.1. The van der Waals surface area contributed by atoms with Crippen LogP contribution in [0.25, 0.3) is 5.65 Å². The molecule has 5 rings (SSSR count). The number of hydrogen-bond acceptors (Lipinski definition) is 6. The molecule has 1 N–H and O–H groups in total. The summed E-state index contributed by atoms with van der Waals surface area (Å²) in [6, 6.07) is 20.2. The fourth-order valence-electron chi connectivity index (χ4n) is 3.42. The van der Waals surface area contributed by atoms with Gasteiger partial charge in [-0.1, -0.05) is 12.1 Å². The summed E-state index contributed by atoms with van der Waals surface area (Å²) in [5.74, 6) is 0.943. The molecule has 3 aromatic heterocycles. The number of aromatic nitrogens is 4. The fraction of sp³-hybridized carbons (Fsp3) is 0.0769. The number of benzene rings is 2. The fourth-order valence-corrected chi connectivity index (χ4v) is 3.42. The zero-order chi connectivity index (χ0) is 23.3. The number of nitrogens with zero attached hydrogens (tertiary/aromatic N) is 4. The van der Waals surface area contributed by atoms with Crippen LogP contribution in [-0.4, -0.2) is 25.3 Å². The van der Waals surface area contributed by atoms with Gasteiger partial charge in [0.25, 0.3) is 5.91 Å². The number of carbonyl (C=O) groups excluding carboxylic acids is 1. The SMILES string of the molecule is Cc1cc(Oc2ncccn2)ccc1NC(=O)c1cccc(OCc2cn3ccccc3n2)c1. The number of anilines is 1. The van der Waals surface area contributed by atoms with Crippen LogP contribution in [0.2, 0.25) is 0 Å². The lowest BCUT2D eigenvalue weighted by Gasteiger charge is -2.11. The molecule has 0 aliphatic rings. The molecular formula is C26H21N5O3. The highest BCUT2D eigenvalue weighted by Crippen LogP contribution is 2.25. The van der Waals surface area contributed by atoms with Gasteiger partial charge >= 0.3 is 6.01 Å². The van der Waals surface area contributed by atoms with Crippen molar-refractivity contribution in [2.45, 2.75) is 13.5 Å². The minimum absolute atomic E-state index is 0.235. The van der Waals surface area contributed by atoms with Gasteiger partial charge in [-0.2, -0.15) is 0 Å². The van der Waals surface area contributed by atoms with E-state index >= 15 is 0 Å². The molecule has 0 bridgehead atoms. The second-order valence-electron chi connectivity index (χ2n) is 7.58. The van der Waals surface area contributed by atoms with Gasteiger partial charge in [0, 0.05) is 36.0 Å². The van der Waals surface area contributed by atoms with Gasteiger partial charge in [-0.25, -0.2) is 15.0 Å². The normalized spacial score (nSPS) is 10.7. The van der Waals surface area contributed by atoms with Crippen molar-refractivity contribution in [1.29, 1.82) is 0 Å². The van der Waals surface area contributed by atoms with Gasteiger partial charge in [-0.15, -0.1) is 0 Å². The number of amides is 1. The molecule has 0 unspecified atom stereocenters. The Kier molecular flexibility index (Phi) is 5.85. The van der Waals surface area contributed by atoms with Crippen LogP contribution >= 0.6 is 0 Å². The second kappa shape index (κ2) is 9.41. The lowest BCUT2D eigenvalue weighted by Crippen LogP contribution is -2.13. The topological polar surface area (TPSA) is 90.6 Å². The lowest BCUT2D eigenvalue weighted by molar-refractivity contribution is 0.102. The molecule has 1 amide bonds. The van der Waals surface area contributed by atoms with Gasteiger partial charge in [0.1, 0.15) is 23.8 Å². The van der Waals surface area contributed by atoms with E-state index in [1.54, 1.807) is 48.8 Å². The number of pyridine rings is 1. The van der Waals surface area contributed by atoms with Gasteiger partial charge in [0.15, 0.2) is 0 Å². The van der Waals surface area contributed by atoms with Crippen LogP contribution in [0.3, 0.4) is 0 Å². The molecule has 8 heteroatoms. The van der Waals surface area contributed by atoms with Crippen molar-refractivity contribution >= 4 is 17.2 Å². The van der Waals surface area contributed by atoms with Crippen molar-refractivity contribution in [2.75, 3.05) is 5.32 Å². The van der Waals surface area contributed by atoms with Crippen LogP contribution in [0.15, 0.2) is 91.5 Å². The molecule has 34 heavy (non-hydrogen) atoms. The summed E-state index contributed by atoms with van der Waals surface area (Å²) < 4.78 is 13.5. The van der Waals surface area contributed by atoms with Crippen molar-refractivity contribution in [2.24, 2.45) is 0 Å². The summed E-state index contributed by atoms with van der Waals surface area (Å²) >= 11 is 0. The van der Waals surface area contributed by atoms with Crippen molar-refractivity contribution in [3.05, 3.63) is 108 Å². The molecule has 0 fully saturated rings. The highest BCUT2D eigenvalue weighted by Gasteiger charge is 2.11. The van der Waals surface area contributed by atoms with Crippen LogP contribution in [0, 0.1) is 6.92 Å². The first-order valence-electron chi connectivity index (χ1n) is 10.7. The van der Waals surface area contributed by atoms with E-state index < -0.39 is 0 Å². The van der Waals surface area contributed by atoms with Crippen LogP contribution in [0.5, 0.6) is 17.5 Å². The quantitative estimate of drug-likeness (QED) is 0.372. The standard InChI is InChI=1S/C26H21N5O3/c1-18-14-22(34-26-27-11-5-12-28-26)9-10-23(18)30-25(32)19-6-4-7-21(15-19)33-17-20-16-31-13-3-2-8-24(31)29-20/h2-16H,17H2,1H3,(H,30,32). The summed E-state index contributed by atoms with van der Waals surface area (Å²) in [5, 5.41) is 2.94. The van der Waals surface area contributed by atoms with E-state index in [0.717, 1.165) is 16.9 Å². The minimum Gasteiger partial charge on any atom is -0.487 e. The number of rotatable bonds is 7. The Balaban J connectivity index is 1.23. The Hall–Kier alpha value is -4.72. The van der Waals surface area contributed by atoms with Gasteiger partial charge in [0.05, 0.1) is 5.69 Å². The molecule has 0 saturated carbocycles. The zero-order valence-electron chi connectivity index (χ0n) is 18.4. The van der Waals surface area contributed by atoms with Gasteiger partial charge < -0.3 is 19.2 Å². The van der Waals surface area contributed by atoms with Gasteiger partial charge in [0.2, 0.25) is 0 Å². The molecule has 0 atom stereocenters. The second-order valence-corrected chi connectivity index (χ2v) is 7.58. The number of hydrogen-bond donors (Lipinski definition) is 1. The highest BCUT2D eigenvalue weighted by atomic mass is 16.5. The molecule has 8 nitrogen and oxygen atoms in total. The van der Waals surface area contributed by atoms with Crippen LogP contribution in [0.4, 0.5) is 5.69 Å². The average Bonchev–Trinajstić information content (AvgIpc) is 3.28. The molecule has 0 saturated heterocycles. The Morgan fingerprint density at radius 3 is 2.68 bits per heavy atom. The Bertz CT molecular complexity index is 1420. The van der Waals surface area contributed by atoms with E-state index in [0.29, 0.717) is 29.4 Å². The summed E-state index contributed by atoms with van der Waals surface area (Å²) in [6.45, 7) is 2.20. The lowest BCUT2D eigenvalue weighted by atomic mass is 10.1. The van der Waals surface area contributed by atoms with E-state index in [1.807, 2.05) is 54.0 Å². The van der Waals surface area contributed by atoms with Crippen molar-refractivity contribution in [3.8, 4) is 17.5 Å². The molecule has 0 aliphatic carbocycles. The largest absolute Gasteiger partial charge is 0.487 e. The molecular weight excluding hydrogens is 430 g/mol. The zero-order valence-corrected chi connectivity index (χ0v) is 18.4. The predicted octanol–water partition coefficient (Wildman–Crippen LogP) is 5.06. The molecule has 2 aromatic carbocycles. The third-order valence-corrected chi connectivity index (χ3v) is 5.09. The van der Waals surface area contributed by atoms with Crippen LogP contribution in [-0.2, 0) is 6.61 Å². The van der Waals surface area contributed by atoms with E-state index in [9.17, 15) is 4.79 Å². The molecule has 0 spiro atoms. The third kappa shape index (κ3) is 4.86. The van der Waals surface area contributed by atoms with Crippen molar-refractivity contribution in [3.63, 3.8) is 0 Å². The number of fused-ring (bicyclic) bond motifs is 1. The van der Waals surface area contributed by atoms with E-state index in [4.69, 9.17) is 9.47 Å². The number of carbonyl (C=O) groups is 1. The van der Waals surface area contributed by atoms with Crippen LogP contribution < -0.4 is 14.8 Å². The number of imidazole rings is 1. The van der Waals surface area contributed by atoms with E-state index in [2.05, 4.69) is 20.3 Å². The van der Waals surface area contributed by atoms with Crippen molar-refractivity contribution in [1.82, 2.24) is 19.4 Å². The first-order valence-corrected chi connectivity index (χ1v) is 10.7. The van der Waals surface area contributed by atoms with E-state index in [1.165, 1.54) is 0 Å². The Morgan fingerprint density at radius 1 is 0.971 bits per heavy atom. The highest BCUT2D eigenvalue weighted by molar-refractivity contribution is 6.04. The summed E-state index contributed by atoms with van der Waals surface area (Å²) in [5.41, 5.74) is 3.69. The predicted molar refractivity (Wildman–Crippen MR) is 127 cm³/mol. The summed E-state index contributed by atoms with van der Waals surface area (Å²) in [6.07, 6.45) is 7.08. The number of nitrogens with one attached hydrogen (secondary N) is 1.